The van der Waals surface area contributed by atoms with Gasteiger partial charge in [0, 0.05) is 44.7 Å². The molecule has 2 rings (SSSR count). The van der Waals surface area contributed by atoms with E-state index >= 15 is 0 Å². The van der Waals surface area contributed by atoms with Crippen molar-refractivity contribution in [2.45, 2.75) is 32.1 Å². The lowest BCUT2D eigenvalue weighted by molar-refractivity contribution is 0.0251. The fraction of sp³-hybridized carbons (Fsp3) is 1.00. The summed E-state index contributed by atoms with van der Waals surface area (Å²) in [5.41, 5.74) is 0.230. The monoisotopic (exact) mass is 226 g/mol. The van der Waals surface area contributed by atoms with E-state index < -0.39 is 0 Å². The molecule has 3 heteroatoms. The van der Waals surface area contributed by atoms with Gasteiger partial charge in [0.15, 0.2) is 0 Å². The molecule has 0 aromatic rings. The van der Waals surface area contributed by atoms with Crippen molar-refractivity contribution in [2.24, 2.45) is 5.41 Å². The Balaban J connectivity index is 1.86. The average Bonchev–Trinajstić information content (AvgIpc) is 2.33. The van der Waals surface area contributed by atoms with Crippen molar-refractivity contribution < 1.29 is 5.11 Å². The lowest BCUT2D eigenvalue weighted by Crippen LogP contribution is -2.50. The summed E-state index contributed by atoms with van der Waals surface area (Å²) in [6, 6.07) is 0. The highest BCUT2D eigenvalue weighted by Gasteiger charge is 2.33. The zero-order valence-corrected chi connectivity index (χ0v) is 10.6. The molecule has 3 nitrogen and oxygen atoms in total. The minimum atomic E-state index is 0.230. The third-order valence-corrected chi connectivity index (χ3v) is 4.40. The Bertz CT molecular complexity index is 206. The van der Waals surface area contributed by atoms with Gasteiger partial charge in [-0.1, -0.05) is 19.3 Å². The molecule has 0 bridgehead atoms. The molecule has 1 aliphatic carbocycles. The molecule has 1 saturated carbocycles. The van der Waals surface area contributed by atoms with E-state index in [1.807, 2.05) is 0 Å². The van der Waals surface area contributed by atoms with Gasteiger partial charge < -0.3 is 14.9 Å². The summed E-state index contributed by atoms with van der Waals surface area (Å²) in [5.74, 6) is 0. The predicted octanol–water partition coefficient (Wildman–Crippen LogP) is 1.18. The summed E-state index contributed by atoms with van der Waals surface area (Å²) < 4.78 is 0. The number of aliphatic hydroxyl groups is 1. The van der Waals surface area contributed by atoms with Gasteiger partial charge in [-0.3, -0.25) is 0 Å². The second kappa shape index (κ2) is 5.48. The van der Waals surface area contributed by atoms with E-state index in [9.17, 15) is 5.11 Å². The summed E-state index contributed by atoms with van der Waals surface area (Å²) in [4.78, 5) is 4.95. The molecule has 2 fully saturated rings. The number of hydrogen-bond donors (Lipinski definition) is 1. The number of nitrogens with zero attached hydrogens (tertiary/aromatic N) is 2. The molecule has 16 heavy (non-hydrogen) atoms. The maximum Gasteiger partial charge on any atom is 0.0499 e. The van der Waals surface area contributed by atoms with Crippen LogP contribution in [0.5, 0.6) is 0 Å². The molecule has 0 aromatic carbocycles. The van der Waals surface area contributed by atoms with Gasteiger partial charge in [-0.2, -0.15) is 0 Å². The van der Waals surface area contributed by atoms with E-state index in [-0.39, 0.29) is 5.41 Å². The van der Waals surface area contributed by atoms with Gasteiger partial charge in [-0.15, -0.1) is 0 Å². The van der Waals surface area contributed by atoms with Crippen molar-refractivity contribution in [3.8, 4) is 0 Å². The van der Waals surface area contributed by atoms with Gasteiger partial charge in [0.25, 0.3) is 0 Å². The van der Waals surface area contributed by atoms with Crippen LogP contribution in [-0.4, -0.2) is 61.3 Å². The van der Waals surface area contributed by atoms with Gasteiger partial charge in [0.2, 0.25) is 0 Å². The van der Waals surface area contributed by atoms with Crippen molar-refractivity contribution in [1.29, 1.82) is 0 Å². The first-order chi connectivity index (χ1) is 7.74. The Kier molecular flexibility index (Phi) is 4.22. The van der Waals surface area contributed by atoms with Crippen molar-refractivity contribution >= 4 is 0 Å². The molecule has 0 amide bonds. The van der Waals surface area contributed by atoms with E-state index in [1.165, 1.54) is 58.3 Å². The Hall–Kier alpha value is -0.120. The second-order valence-corrected chi connectivity index (χ2v) is 5.80. The van der Waals surface area contributed by atoms with Crippen LogP contribution in [0.2, 0.25) is 0 Å². The van der Waals surface area contributed by atoms with Crippen LogP contribution in [0.15, 0.2) is 0 Å². The van der Waals surface area contributed by atoms with Crippen LogP contribution in [-0.2, 0) is 0 Å². The SMILES string of the molecule is CN1CCN(CC2(CO)CCCCC2)CC1. The van der Waals surface area contributed by atoms with Crippen LogP contribution in [0.25, 0.3) is 0 Å². The third kappa shape index (κ3) is 2.96. The minimum Gasteiger partial charge on any atom is -0.396 e. The standard InChI is InChI=1S/C13H26N2O/c1-14-7-9-15(10-8-14)11-13(12-16)5-3-2-4-6-13/h16H,2-12H2,1H3. The Morgan fingerprint density at radius 2 is 1.62 bits per heavy atom. The number of rotatable bonds is 3. The van der Waals surface area contributed by atoms with Gasteiger partial charge >= 0.3 is 0 Å². The topological polar surface area (TPSA) is 26.7 Å². The van der Waals surface area contributed by atoms with Crippen molar-refractivity contribution in [2.75, 3.05) is 46.4 Å². The van der Waals surface area contributed by atoms with Gasteiger partial charge in [0.1, 0.15) is 0 Å². The molecule has 1 saturated heterocycles. The lowest BCUT2D eigenvalue weighted by atomic mass is 9.74. The highest BCUT2D eigenvalue weighted by atomic mass is 16.3. The van der Waals surface area contributed by atoms with Crippen LogP contribution in [0.4, 0.5) is 0 Å². The summed E-state index contributed by atoms with van der Waals surface area (Å²) >= 11 is 0. The Morgan fingerprint density at radius 1 is 1.00 bits per heavy atom. The van der Waals surface area contributed by atoms with E-state index in [0.717, 1.165) is 6.54 Å². The van der Waals surface area contributed by atoms with Crippen molar-refractivity contribution in [3.63, 3.8) is 0 Å². The molecule has 94 valence electrons. The fourth-order valence-electron chi connectivity index (χ4n) is 3.15. The molecule has 0 atom stereocenters. The number of aliphatic hydroxyl groups excluding tert-OH is 1. The molecular weight excluding hydrogens is 200 g/mol. The molecule has 2 aliphatic rings. The maximum atomic E-state index is 9.69. The first kappa shape index (κ1) is 12.3. The second-order valence-electron chi connectivity index (χ2n) is 5.80. The molecule has 0 radical (unpaired) electrons. The largest absolute Gasteiger partial charge is 0.396 e. The summed E-state index contributed by atoms with van der Waals surface area (Å²) in [6.07, 6.45) is 6.46. The summed E-state index contributed by atoms with van der Waals surface area (Å²) in [6.45, 7) is 6.23. The fourth-order valence-corrected chi connectivity index (χ4v) is 3.15. The van der Waals surface area contributed by atoms with E-state index in [4.69, 9.17) is 0 Å². The number of piperazine rings is 1. The average molecular weight is 226 g/mol. The van der Waals surface area contributed by atoms with E-state index in [1.54, 1.807) is 0 Å². The summed E-state index contributed by atoms with van der Waals surface area (Å²) in [7, 11) is 2.19. The minimum absolute atomic E-state index is 0.230. The maximum absolute atomic E-state index is 9.69. The van der Waals surface area contributed by atoms with E-state index in [2.05, 4.69) is 16.8 Å². The smallest absolute Gasteiger partial charge is 0.0499 e. The number of hydrogen-bond acceptors (Lipinski definition) is 3. The predicted molar refractivity (Wildman–Crippen MR) is 66.5 cm³/mol. The zero-order valence-electron chi connectivity index (χ0n) is 10.6. The quantitative estimate of drug-likeness (QED) is 0.783. The van der Waals surface area contributed by atoms with Crippen LogP contribution >= 0.6 is 0 Å². The summed E-state index contributed by atoms with van der Waals surface area (Å²) in [5, 5.41) is 9.69. The van der Waals surface area contributed by atoms with Crippen LogP contribution in [0, 0.1) is 5.41 Å². The van der Waals surface area contributed by atoms with Crippen LogP contribution in [0.3, 0.4) is 0 Å². The number of likely N-dealkylation sites (N-methyl/N-ethyl adjacent to an activating group) is 1. The van der Waals surface area contributed by atoms with Crippen LogP contribution in [0.1, 0.15) is 32.1 Å². The molecule has 1 aliphatic heterocycles. The van der Waals surface area contributed by atoms with Gasteiger partial charge in [0.05, 0.1) is 0 Å². The first-order valence-corrected chi connectivity index (χ1v) is 6.76. The highest BCUT2D eigenvalue weighted by Crippen LogP contribution is 2.36. The van der Waals surface area contributed by atoms with E-state index in [0.29, 0.717) is 6.61 Å². The molecule has 0 spiro atoms. The van der Waals surface area contributed by atoms with Crippen molar-refractivity contribution in [1.82, 2.24) is 9.80 Å². The third-order valence-electron chi connectivity index (χ3n) is 4.40. The molecule has 0 aromatic heterocycles. The normalized spacial score (nSPS) is 28.1. The molecule has 1 heterocycles. The van der Waals surface area contributed by atoms with Gasteiger partial charge in [-0.25, -0.2) is 0 Å². The molecule has 0 unspecified atom stereocenters. The molecule has 1 N–H and O–H groups in total. The first-order valence-electron chi connectivity index (χ1n) is 6.76. The zero-order chi connectivity index (χ0) is 11.4. The highest BCUT2D eigenvalue weighted by molar-refractivity contribution is 4.86. The lowest BCUT2D eigenvalue weighted by Gasteiger charge is -2.42. The molecular formula is C13H26N2O. The van der Waals surface area contributed by atoms with Gasteiger partial charge in [-0.05, 0) is 19.9 Å². The Morgan fingerprint density at radius 3 is 2.19 bits per heavy atom. The van der Waals surface area contributed by atoms with Crippen LogP contribution < -0.4 is 0 Å². The Labute approximate surface area is 99.4 Å². The van der Waals surface area contributed by atoms with Crippen molar-refractivity contribution in [3.05, 3.63) is 0 Å².